The Morgan fingerprint density at radius 1 is 0.938 bits per heavy atom. The molecule has 0 spiro atoms. The topological polar surface area (TPSA) is 120 Å². The van der Waals surface area contributed by atoms with E-state index in [2.05, 4.69) is 36.6 Å². The van der Waals surface area contributed by atoms with Gasteiger partial charge in [-0.05, 0) is 49.4 Å². The van der Waals surface area contributed by atoms with Gasteiger partial charge in [0.25, 0.3) is 0 Å². The highest BCUT2D eigenvalue weighted by Gasteiger charge is 2.21. The van der Waals surface area contributed by atoms with Gasteiger partial charge in [-0.2, -0.15) is 9.78 Å². The second-order valence-electron chi connectivity index (χ2n) is 8.19. The van der Waals surface area contributed by atoms with Gasteiger partial charge in [0.1, 0.15) is 5.82 Å². The minimum absolute atomic E-state index is 0.172. The molecule has 160 valence electrons. The molecular formula is C22H21N9O. The molecule has 0 aliphatic heterocycles. The Bertz CT molecular complexity index is 1400. The van der Waals surface area contributed by atoms with Gasteiger partial charge in [0.2, 0.25) is 0 Å². The highest BCUT2D eigenvalue weighted by molar-refractivity contribution is 5.78. The van der Waals surface area contributed by atoms with E-state index >= 15 is 0 Å². The summed E-state index contributed by atoms with van der Waals surface area (Å²) in [6.45, 7) is 0. The van der Waals surface area contributed by atoms with Crippen LogP contribution in [0.3, 0.4) is 0 Å². The Balaban J connectivity index is 1.28. The van der Waals surface area contributed by atoms with Crippen molar-refractivity contribution in [2.24, 2.45) is 0 Å². The Labute approximate surface area is 183 Å². The van der Waals surface area contributed by atoms with Crippen LogP contribution < -0.4 is 0 Å². The molecule has 4 aromatic heterocycles. The van der Waals surface area contributed by atoms with E-state index in [-0.39, 0.29) is 6.10 Å². The summed E-state index contributed by atoms with van der Waals surface area (Å²) < 4.78 is 3.72. The molecule has 1 aromatic carbocycles. The molecule has 6 rings (SSSR count). The first kappa shape index (κ1) is 18.9. The lowest BCUT2D eigenvalue weighted by atomic mass is 9.93. The van der Waals surface area contributed by atoms with Gasteiger partial charge in [0.05, 0.1) is 41.3 Å². The van der Waals surface area contributed by atoms with Gasteiger partial charge < -0.3 is 5.11 Å². The first-order valence-corrected chi connectivity index (χ1v) is 10.7. The van der Waals surface area contributed by atoms with Crippen LogP contribution in [0.2, 0.25) is 0 Å². The van der Waals surface area contributed by atoms with Gasteiger partial charge in [0, 0.05) is 25.0 Å². The Morgan fingerprint density at radius 3 is 2.66 bits per heavy atom. The summed E-state index contributed by atoms with van der Waals surface area (Å²) >= 11 is 0. The average molecular weight is 427 g/mol. The molecule has 1 fully saturated rings. The van der Waals surface area contributed by atoms with E-state index in [0.717, 1.165) is 48.0 Å². The average Bonchev–Trinajstić information content (AvgIpc) is 3.46. The molecule has 1 aliphatic rings. The Hall–Kier alpha value is -3.79. The summed E-state index contributed by atoms with van der Waals surface area (Å²) in [7, 11) is 0. The predicted molar refractivity (Wildman–Crippen MR) is 116 cm³/mol. The molecule has 0 saturated heterocycles. The number of aliphatic hydroxyl groups is 1. The number of fused-ring (bicyclic) bond motifs is 2. The standard InChI is InChI=1S/C22H21N9O/c32-17-4-1-15(2-5-17)30-13-14(11-26-30)9-21-25-12-20-22(27-21)31(29-28-20)16-3-6-18-19(10-16)24-8-7-23-18/h3,6-8,10-13,15,17,32H,1-2,4-5,9H2. The molecule has 10 nitrogen and oxygen atoms in total. The summed E-state index contributed by atoms with van der Waals surface area (Å²) in [5.74, 6) is 0.681. The quantitative estimate of drug-likeness (QED) is 0.464. The second-order valence-corrected chi connectivity index (χ2v) is 8.19. The molecule has 0 unspecified atom stereocenters. The molecule has 1 aliphatic carbocycles. The van der Waals surface area contributed by atoms with E-state index in [4.69, 9.17) is 4.98 Å². The molecule has 0 atom stereocenters. The third kappa shape index (κ3) is 3.48. The Kier molecular flexibility index (Phi) is 4.57. The summed E-state index contributed by atoms with van der Waals surface area (Å²) in [6, 6.07) is 6.10. The van der Waals surface area contributed by atoms with Gasteiger partial charge in [-0.3, -0.25) is 14.6 Å². The third-order valence-corrected chi connectivity index (χ3v) is 6.00. The largest absolute Gasteiger partial charge is 0.393 e. The van der Waals surface area contributed by atoms with Gasteiger partial charge in [-0.25, -0.2) is 9.97 Å². The molecule has 10 heteroatoms. The number of aromatic nitrogens is 9. The molecule has 4 heterocycles. The van der Waals surface area contributed by atoms with Crippen LogP contribution in [-0.2, 0) is 6.42 Å². The molecule has 32 heavy (non-hydrogen) atoms. The van der Waals surface area contributed by atoms with Crippen LogP contribution in [0.4, 0.5) is 0 Å². The zero-order valence-electron chi connectivity index (χ0n) is 17.3. The number of hydrogen-bond acceptors (Lipinski definition) is 8. The fourth-order valence-corrected chi connectivity index (χ4v) is 4.28. The van der Waals surface area contributed by atoms with E-state index in [0.29, 0.717) is 29.5 Å². The van der Waals surface area contributed by atoms with Crippen molar-refractivity contribution in [1.82, 2.24) is 44.7 Å². The lowest BCUT2D eigenvalue weighted by Gasteiger charge is -2.25. The van der Waals surface area contributed by atoms with Crippen LogP contribution >= 0.6 is 0 Å². The second kappa shape index (κ2) is 7.72. The fourth-order valence-electron chi connectivity index (χ4n) is 4.28. The zero-order valence-corrected chi connectivity index (χ0v) is 17.3. The van der Waals surface area contributed by atoms with E-state index in [1.165, 1.54) is 0 Å². The van der Waals surface area contributed by atoms with Crippen molar-refractivity contribution in [2.75, 3.05) is 0 Å². The summed E-state index contributed by atoms with van der Waals surface area (Å²) in [4.78, 5) is 17.9. The van der Waals surface area contributed by atoms with Crippen LogP contribution in [0.15, 0.2) is 49.2 Å². The summed E-state index contributed by atoms with van der Waals surface area (Å²) in [5, 5.41) is 22.8. The number of rotatable bonds is 4. The highest BCUT2D eigenvalue weighted by Crippen LogP contribution is 2.28. The SMILES string of the molecule is OC1CCC(n2cc(Cc3ncc4nnn(-c5ccc6nccnc6c5)c4n3)cn2)CC1. The van der Waals surface area contributed by atoms with Crippen molar-refractivity contribution in [3.8, 4) is 5.69 Å². The number of nitrogens with zero attached hydrogens (tertiary/aromatic N) is 9. The lowest BCUT2D eigenvalue weighted by Crippen LogP contribution is -2.21. The maximum absolute atomic E-state index is 9.73. The Morgan fingerprint density at radius 2 is 1.78 bits per heavy atom. The molecule has 0 amide bonds. The molecule has 0 bridgehead atoms. The first-order valence-electron chi connectivity index (χ1n) is 10.7. The van der Waals surface area contributed by atoms with E-state index in [1.54, 1.807) is 23.3 Å². The van der Waals surface area contributed by atoms with Gasteiger partial charge in [-0.1, -0.05) is 5.21 Å². The lowest BCUT2D eigenvalue weighted by molar-refractivity contribution is 0.108. The van der Waals surface area contributed by atoms with Crippen LogP contribution in [0.1, 0.15) is 43.1 Å². The zero-order chi connectivity index (χ0) is 21.5. The van der Waals surface area contributed by atoms with Crippen molar-refractivity contribution < 1.29 is 5.11 Å². The first-order chi connectivity index (χ1) is 15.7. The van der Waals surface area contributed by atoms with Crippen LogP contribution in [0, 0.1) is 0 Å². The maximum Gasteiger partial charge on any atom is 0.187 e. The number of aliphatic hydroxyl groups excluding tert-OH is 1. The molecule has 1 N–H and O–H groups in total. The summed E-state index contributed by atoms with van der Waals surface area (Å²) in [6.07, 6.45) is 12.9. The molecular weight excluding hydrogens is 406 g/mol. The smallest absolute Gasteiger partial charge is 0.187 e. The van der Waals surface area contributed by atoms with Crippen LogP contribution in [0.25, 0.3) is 27.9 Å². The number of hydrogen-bond donors (Lipinski definition) is 1. The minimum Gasteiger partial charge on any atom is -0.393 e. The van der Waals surface area contributed by atoms with Crippen molar-refractivity contribution in [3.63, 3.8) is 0 Å². The van der Waals surface area contributed by atoms with Gasteiger partial charge >= 0.3 is 0 Å². The predicted octanol–water partition coefficient (Wildman–Crippen LogP) is 2.42. The normalized spacial score (nSPS) is 19.0. The van der Waals surface area contributed by atoms with E-state index < -0.39 is 0 Å². The fraction of sp³-hybridized carbons (Fsp3) is 0.318. The summed E-state index contributed by atoms with van der Waals surface area (Å²) in [5.41, 5.74) is 4.75. The van der Waals surface area contributed by atoms with Gasteiger partial charge in [-0.15, -0.1) is 5.10 Å². The van der Waals surface area contributed by atoms with Crippen molar-refractivity contribution in [2.45, 2.75) is 44.2 Å². The maximum atomic E-state index is 9.73. The van der Waals surface area contributed by atoms with E-state index in [1.807, 2.05) is 29.1 Å². The number of benzene rings is 1. The third-order valence-electron chi connectivity index (χ3n) is 6.00. The van der Waals surface area contributed by atoms with Crippen molar-refractivity contribution >= 4 is 22.2 Å². The van der Waals surface area contributed by atoms with Crippen molar-refractivity contribution in [3.05, 3.63) is 60.6 Å². The highest BCUT2D eigenvalue weighted by atomic mass is 16.3. The van der Waals surface area contributed by atoms with Crippen molar-refractivity contribution in [1.29, 1.82) is 0 Å². The molecule has 5 aromatic rings. The minimum atomic E-state index is -0.172. The molecule has 1 saturated carbocycles. The molecule has 0 radical (unpaired) electrons. The monoisotopic (exact) mass is 427 g/mol. The van der Waals surface area contributed by atoms with Crippen LogP contribution in [0.5, 0.6) is 0 Å². The van der Waals surface area contributed by atoms with Gasteiger partial charge in [0.15, 0.2) is 11.2 Å². The van der Waals surface area contributed by atoms with E-state index in [9.17, 15) is 5.11 Å². The van der Waals surface area contributed by atoms with Crippen LogP contribution in [-0.4, -0.2) is 55.9 Å².